The maximum atomic E-state index is 13.3. The largest absolute Gasteiger partial charge is 0.488 e. The molecule has 3 aliphatic heterocycles. The van der Waals surface area contributed by atoms with Crippen LogP contribution in [0.3, 0.4) is 0 Å². The van der Waals surface area contributed by atoms with E-state index in [0.29, 0.717) is 24.4 Å². The number of hydrogen-bond acceptors (Lipinski definition) is 6. The minimum Gasteiger partial charge on any atom is -0.488 e. The van der Waals surface area contributed by atoms with Crippen LogP contribution in [0.5, 0.6) is 11.5 Å². The van der Waals surface area contributed by atoms with E-state index < -0.39 is 0 Å². The molecule has 0 aliphatic carbocycles. The molecule has 1 saturated heterocycles. The van der Waals surface area contributed by atoms with E-state index in [0.717, 1.165) is 36.4 Å². The number of pyridine rings is 1. The summed E-state index contributed by atoms with van der Waals surface area (Å²) < 4.78 is 12.1. The van der Waals surface area contributed by atoms with Crippen LogP contribution in [0.2, 0.25) is 0 Å². The first kappa shape index (κ1) is 23.8. The highest BCUT2D eigenvalue weighted by Crippen LogP contribution is 2.23. The minimum atomic E-state index is -0.228. The summed E-state index contributed by atoms with van der Waals surface area (Å²) >= 11 is 0. The molecule has 0 saturated carbocycles. The molecule has 0 unspecified atom stereocenters. The molecular weight excluding hydrogens is 456 g/mol. The van der Waals surface area contributed by atoms with Crippen molar-refractivity contribution in [3.05, 3.63) is 89.2 Å². The highest BCUT2D eigenvalue weighted by Gasteiger charge is 2.32. The molecule has 4 bridgehead atoms. The summed E-state index contributed by atoms with van der Waals surface area (Å²) in [5.41, 5.74) is 3.48. The molecule has 2 aromatic carbocycles. The van der Waals surface area contributed by atoms with Crippen LogP contribution >= 0.6 is 0 Å². The van der Waals surface area contributed by atoms with Gasteiger partial charge in [0.05, 0.1) is 6.04 Å². The number of rotatable bonds is 2. The first-order valence-electron chi connectivity index (χ1n) is 12.2. The van der Waals surface area contributed by atoms with Gasteiger partial charge < -0.3 is 20.1 Å². The number of nitrogens with one attached hydrogen (secondary N) is 2. The first-order valence-corrected chi connectivity index (χ1v) is 12.2. The molecule has 2 atom stereocenters. The van der Waals surface area contributed by atoms with Gasteiger partial charge in [0.15, 0.2) is 6.61 Å². The Morgan fingerprint density at radius 1 is 1.06 bits per heavy atom. The average Bonchev–Trinajstić information content (AvgIpc) is 2.89. The van der Waals surface area contributed by atoms with Gasteiger partial charge >= 0.3 is 0 Å². The summed E-state index contributed by atoms with van der Waals surface area (Å²) in [6.45, 7) is 4.45. The molecule has 4 heterocycles. The molecule has 36 heavy (non-hydrogen) atoms. The van der Waals surface area contributed by atoms with E-state index in [2.05, 4.69) is 20.5 Å². The summed E-state index contributed by atoms with van der Waals surface area (Å²) in [6.07, 6.45) is 4.19. The molecule has 2 N–H and O–H groups in total. The molecule has 0 spiro atoms. The van der Waals surface area contributed by atoms with Crippen LogP contribution in [0.25, 0.3) is 0 Å². The van der Waals surface area contributed by atoms with Crippen LogP contribution < -0.4 is 20.1 Å². The molecule has 2 amide bonds. The Bertz CT molecular complexity index is 1220. The van der Waals surface area contributed by atoms with Gasteiger partial charge in [0.2, 0.25) is 0 Å². The van der Waals surface area contributed by atoms with Crippen LogP contribution in [-0.4, -0.2) is 53.5 Å². The number of carbonyl (C=O) groups excluding carboxylic acids is 2. The molecule has 186 valence electrons. The van der Waals surface area contributed by atoms with Gasteiger partial charge in [-0.1, -0.05) is 18.2 Å². The fourth-order valence-electron chi connectivity index (χ4n) is 4.57. The van der Waals surface area contributed by atoms with E-state index in [1.54, 1.807) is 24.5 Å². The van der Waals surface area contributed by atoms with Crippen LogP contribution in [0.4, 0.5) is 0 Å². The van der Waals surface area contributed by atoms with Crippen LogP contribution in [0.1, 0.15) is 33.5 Å². The van der Waals surface area contributed by atoms with Crippen molar-refractivity contribution in [3.63, 3.8) is 0 Å². The second kappa shape index (κ2) is 10.8. The fourth-order valence-corrected chi connectivity index (χ4v) is 4.57. The number of piperidine rings is 1. The summed E-state index contributed by atoms with van der Waals surface area (Å²) in [6, 6.07) is 16.8. The van der Waals surface area contributed by atoms with Gasteiger partial charge in [-0.15, -0.1) is 0 Å². The van der Waals surface area contributed by atoms with E-state index in [9.17, 15) is 9.59 Å². The van der Waals surface area contributed by atoms with Gasteiger partial charge in [-0.3, -0.25) is 19.5 Å². The monoisotopic (exact) mass is 486 g/mol. The van der Waals surface area contributed by atoms with Crippen molar-refractivity contribution in [2.24, 2.45) is 0 Å². The Hall–Kier alpha value is -3.91. The Balaban J connectivity index is 1.41. The molecule has 6 rings (SSSR count). The number of hydrogen-bond donors (Lipinski definition) is 2. The fraction of sp³-hybridized carbons (Fsp3) is 0.321. The van der Waals surface area contributed by atoms with Crippen molar-refractivity contribution in [2.45, 2.75) is 38.6 Å². The zero-order valence-corrected chi connectivity index (χ0v) is 20.3. The number of aromatic nitrogens is 1. The van der Waals surface area contributed by atoms with E-state index in [1.807, 2.05) is 49.4 Å². The molecule has 1 aromatic heterocycles. The lowest BCUT2D eigenvalue weighted by molar-refractivity contribution is -0.123. The number of benzene rings is 2. The van der Waals surface area contributed by atoms with Gasteiger partial charge in [0.1, 0.15) is 17.6 Å². The quantitative estimate of drug-likeness (QED) is 0.579. The predicted octanol–water partition coefficient (Wildman–Crippen LogP) is 2.85. The molecule has 3 aromatic rings. The van der Waals surface area contributed by atoms with Crippen molar-refractivity contribution in [1.82, 2.24) is 20.5 Å². The van der Waals surface area contributed by atoms with E-state index >= 15 is 0 Å². The summed E-state index contributed by atoms with van der Waals surface area (Å²) in [4.78, 5) is 32.0. The number of nitrogens with zero attached hydrogens (tertiary/aromatic N) is 2. The van der Waals surface area contributed by atoms with E-state index in [-0.39, 0.29) is 30.6 Å². The van der Waals surface area contributed by atoms with Crippen molar-refractivity contribution in [1.29, 1.82) is 0 Å². The molecule has 0 radical (unpaired) electrons. The second-order valence-electron chi connectivity index (χ2n) is 9.31. The van der Waals surface area contributed by atoms with Gasteiger partial charge in [-0.05, 0) is 66.4 Å². The molecule has 1 fully saturated rings. The number of carbonyl (C=O) groups is 2. The highest BCUT2D eigenvalue weighted by atomic mass is 16.5. The average molecular weight is 487 g/mol. The number of ether oxygens (including phenoxy) is 2. The van der Waals surface area contributed by atoms with Gasteiger partial charge in [0.25, 0.3) is 11.8 Å². The zero-order chi connectivity index (χ0) is 24.9. The smallest absolute Gasteiger partial charge is 0.258 e. The number of aryl methyl sites for hydroxylation is 1. The molecule has 3 aliphatic rings. The van der Waals surface area contributed by atoms with Crippen LogP contribution in [0, 0.1) is 6.92 Å². The zero-order valence-electron chi connectivity index (χ0n) is 20.3. The van der Waals surface area contributed by atoms with Gasteiger partial charge in [-0.2, -0.15) is 0 Å². The number of likely N-dealkylation sites (tertiary alicyclic amines) is 1. The van der Waals surface area contributed by atoms with Crippen molar-refractivity contribution in [3.8, 4) is 11.5 Å². The minimum absolute atomic E-state index is 0.123. The third kappa shape index (κ3) is 5.83. The van der Waals surface area contributed by atoms with Crippen molar-refractivity contribution in [2.75, 3.05) is 19.7 Å². The van der Waals surface area contributed by atoms with E-state index in [1.165, 1.54) is 5.56 Å². The molecule has 8 heteroatoms. The van der Waals surface area contributed by atoms with Crippen molar-refractivity contribution >= 4 is 11.8 Å². The predicted molar refractivity (Wildman–Crippen MR) is 135 cm³/mol. The topological polar surface area (TPSA) is 92.8 Å². The molecular formula is C28H30N4O4. The normalized spacial score (nSPS) is 20.8. The maximum absolute atomic E-state index is 13.3. The maximum Gasteiger partial charge on any atom is 0.258 e. The van der Waals surface area contributed by atoms with Crippen LogP contribution in [0.15, 0.2) is 67.0 Å². The van der Waals surface area contributed by atoms with Crippen LogP contribution in [-0.2, 0) is 17.9 Å². The Labute approximate surface area is 210 Å². The number of amides is 2. The highest BCUT2D eigenvalue weighted by molar-refractivity contribution is 5.95. The van der Waals surface area contributed by atoms with Crippen molar-refractivity contribution < 1.29 is 19.1 Å². The first-order chi connectivity index (χ1) is 17.5. The molecule has 8 nitrogen and oxygen atoms in total. The standard InChI is InChI=1S/C28H30N4O4/c1-19-2-5-22-14-26(19)35-18-27(33)30-15-20-3-6-23(7-4-20)36-25-10-13-32(17-24(25)31-28(22)34)16-21-8-11-29-12-9-21/h2-9,11-12,14,24-25H,10,13,15-18H2,1H3,(H,30,33)(H,31,34)/t24-,25-/m0/s1. The number of fused-ring (bicyclic) bond motifs is 7. The summed E-state index contributed by atoms with van der Waals surface area (Å²) in [5.74, 6) is 0.825. The Morgan fingerprint density at radius 2 is 1.86 bits per heavy atom. The third-order valence-electron chi connectivity index (χ3n) is 6.62. The SMILES string of the molecule is Cc1ccc2cc1OCC(=O)NCc1ccc(cc1)O[C@H]1CCN(Cc3ccncc3)C[C@@H]1NC2=O. The second-order valence-corrected chi connectivity index (χ2v) is 9.31. The Morgan fingerprint density at radius 3 is 2.67 bits per heavy atom. The summed E-state index contributed by atoms with van der Waals surface area (Å²) in [7, 11) is 0. The van der Waals surface area contributed by atoms with Gasteiger partial charge in [-0.25, -0.2) is 0 Å². The lowest BCUT2D eigenvalue weighted by Gasteiger charge is -2.39. The van der Waals surface area contributed by atoms with E-state index in [4.69, 9.17) is 9.47 Å². The Kier molecular flexibility index (Phi) is 7.13. The third-order valence-corrected chi connectivity index (χ3v) is 6.62. The lowest BCUT2D eigenvalue weighted by Crippen LogP contribution is -2.56. The van der Waals surface area contributed by atoms with Gasteiger partial charge in [0, 0.05) is 44.1 Å². The lowest BCUT2D eigenvalue weighted by atomic mass is 10.00. The summed E-state index contributed by atoms with van der Waals surface area (Å²) in [5, 5.41) is 6.07.